The number of carbonyl (C=O) groups excluding carboxylic acids is 2. The SMILES string of the molecule is CSc1cccc(CN[C@H]2C[C@H]3C(=O)N[C@@H](COCc4ccccc4)C(=O)N3C2)c1. The van der Waals surface area contributed by atoms with Gasteiger partial charge in [0.1, 0.15) is 12.1 Å². The van der Waals surface area contributed by atoms with Crippen molar-refractivity contribution >= 4 is 23.6 Å². The standard InChI is InChI=1S/C23H27N3O3S/c1-30-19-9-5-8-17(10-19)12-24-18-11-21-22(27)25-20(23(28)26(21)13-18)15-29-14-16-6-3-2-4-7-16/h2-10,18,20-21,24H,11-15H2,1H3,(H,25,27)/t18-,20-,21-/m0/s1. The lowest BCUT2D eigenvalue weighted by Gasteiger charge is -2.34. The number of nitrogens with one attached hydrogen (secondary N) is 2. The molecule has 7 heteroatoms. The summed E-state index contributed by atoms with van der Waals surface area (Å²) in [4.78, 5) is 28.4. The van der Waals surface area contributed by atoms with E-state index in [2.05, 4.69) is 41.2 Å². The van der Waals surface area contributed by atoms with Crippen LogP contribution in [0.15, 0.2) is 59.5 Å². The molecule has 2 fully saturated rings. The third-order valence-electron chi connectivity index (χ3n) is 5.63. The van der Waals surface area contributed by atoms with E-state index in [-0.39, 0.29) is 24.5 Å². The van der Waals surface area contributed by atoms with Gasteiger partial charge < -0.3 is 20.3 Å². The van der Waals surface area contributed by atoms with Crippen LogP contribution < -0.4 is 10.6 Å². The number of thioether (sulfide) groups is 1. The summed E-state index contributed by atoms with van der Waals surface area (Å²) >= 11 is 1.72. The Balaban J connectivity index is 1.30. The number of piperazine rings is 1. The summed E-state index contributed by atoms with van der Waals surface area (Å²) in [6.45, 7) is 1.87. The first-order chi connectivity index (χ1) is 14.6. The fourth-order valence-electron chi connectivity index (χ4n) is 4.03. The fraction of sp³-hybridized carbons (Fsp3) is 0.391. The summed E-state index contributed by atoms with van der Waals surface area (Å²) in [6, 6.07) is 17.3. The Kier molecular flexibility index (Phi) is 6.72. The van der Waals surface area contributed by atoms with Gasteiger partial charge in [-0.15, -0.1) is 11.8 Å². The monoisotopic (exact) mass is 425 g/mol. The van der Waals surface area contributed by atoms with Gasteiger partial charge in [-0.25, -0.2) is 0 Å². The Morgan fingerprint density at radius 2 is 1.93 bits per heavy atom. The molecule has 0 bridgehead atoms. The number of amides is 2. The van der Waals surface area contributed by atoms with Crippen LogP contribution in [0.1, 0.15) is 17.5 Å². The normalized spacial score (nSPS) is 23.4. The van der Waals surface area contributed by atoms with Gasteiger partial charge in [-0.1, -0.05) is 42.5 Å². The smallest absolute Gasteiger partial charge is 0.248 e. The number of ether oxygens (including phenoxy) is 1. The lowest BCUT2D eigenvalue weighted by molar-refractivity contribution is -0.148. The van der Waals surface area contributed by atoms with Crippen LogP contribution in [0.25, 0.3) is 0 Å². The minimum absolute atomic E-state index is 0.0543. The molecule has 2 amide bonds. The van der Waals surface area contributed by atoms with Crippen LogP contribution in [-0.4, -0.2) is 54.2 Å². The van der Waals surface area contributed by atoms with Crippen molar-refractivity contribution in [2.45, 2.75) is 42.6 Å². The summed E-state index contributed by atoms with van der Waals surface area (Å²) in [5.41, 5.74) is 2.25. The van der Waals surface area contributed by atoms with Crippen molar-refractivity contribution in [3.8, 4) is 0 Å². The third kappa shape index (κ3) is 4.86. The first-order valence-corrected chi connectivity index (χ1v) is 11.5. The van der Waals surface area contributed by atoms with E-state index in [4.69, 9.17) is 4.74 Å². The van der Waals surface area contributed by atoms with Crippen LogP contribution in [-0.2, 0) is 27.5 Å². The fourth-order valence-corrected chi connectivity index (χ4v) is 4.52. The largest absolute Gasteiger partial charge is 0.374 e. The number of carbonyl (C=O) groups is 2. The molecular weight excluding hydrogens is 398 g/mol. The molecule has 0 radical (unpaired) electrons. The second-order valence-corrected chi connectivity index (χ2v) is 8.61. The zero-order chi connectivity index (χ0) is 20.9. The lowest BCUT2D eigenvalue weighted by Crippen LogP contribution is -2.62. The summed E-state index contributed by atoms with van der Waals surface area (Å²) in [5, 5.41) is 6.36. The summed E-state index contributed by atoms with van der Waals surface area (Å²) in [5.74, 6) is -0.141. The molecule has 2 N–H and O–H groups in total. The van der Waals surface area contributed by atoms with Crippen LogP contribution in [0.5, 0.6) is 0 Å². The van der Waals surface area contributed by atoms with Gasteiger partial charge in [0.25, 0.3) is 0 Å². The van der Waals surface area contributed by atoms with Crippen LogP contribution >= 0.6 is 11.8 Å². The van der Waals surface area contributed by atoms with Gasteiger partial charge >= 0.3 is 0 Å². The highest BCUT2D eigenvalue weighted by molar-refractivity contribution is 7.98. The number of benzene rings is 2. The minimum Gasteiger partial charge on any atom is -0.374 e. The molecule has 0 aliphatic carbocycles. The van der Waals surface area contributed by atoms with E-state index in [0.29, 0.717) is 19.6 Å². The predicted molar refractivity (Wildman–Crippen MR) is 117 cm³/mol. The molecule has 2 aromatic rings. The van der Waals surface area contributed by atoms with Gasteiger partial charge in [-0.2, -0.15) is 0 Å². The van der Waals surface area contributed by atoms with Crippen molar-refractivity contribution in [2.75, 3.05) is 19.4 Å². The molecule has 2 aliphatic rings. The Labute approximate surface area is 181 Å². The molecule has 0 saturated carbocycles. The lowest BCUT2D eigenvalue weighted by atomic mass is 10.1. The number of hydrogen-bond donors (Lipinski definition) is 2. The summed E-state index contributed by atoms with van der Waals surface area (Å²) in [6.07, 6.45) is 2.70. The Bertz CT molecular complexity index is 892. The molecule has 0 aromatic heterocycles. The molecule has 2 aliphatic heterocycles. The molecule has 4 rings (SSSR count). The molecule has 2 aromatic carbocycles. The first kappa shape index (κ1) is 20.9. The van der Waals surface area contributed by atoms with E-state index in [1.165, 1.54) is 10.5 Å². The van der Waals surface area contributed by atoms with Gasteiger partial charge in [-0.3, -0.25) is 9.59 Å². The predicted octanol–water partition coefficient (Wildman–Crippen LogP) is 2.18. The maximum Gasteiger partial charge on any atom is 0.248 e. The zero-order valence-electron chi connectivity index (χ0n) is 17.0. The number of nitrogens with zero attached hydrogens (tertiary/aromatic N) is 1. The van der Waals surface area contributed by atoms with E-state index < -0.39 is 12.1 Å². The second kappa shape index (κ2) is 9.64. The van der Waals surface area contributed by atoms with E-state index in [1.807, 2.05) is 30.3 Å². The molecule has 2 saturated heterocycles. The van der Waals surface area contributed by atoms with Gasteiger partial charge in [0.05, 0.1) is 13.2 Å². The zero-order valence-corrected chi connectivity index (χ0v) is 17.9. The van der Waals surface area contributed by atoms with Crippen molar-refractivity contribution in [3.05, 3.63) is 65.7 Å². The molecule has 6 nitrogen and oxygen atoms in total. The molecular formula is C23H27N3O3S. The molecule has 0 unspecified atom stereocenters. The van der Waals surface area contributed by atoms with Gasteiger partial charge in [0, 0.05) is 24.0 Å². The summed E-state index contributed by atoms with van der Waals surface area (Å²) in [7, 11) is 0. The average Bonchev–Trinajstić information content (AvgIpc) is 3.22. The van der Waals surface area contributed by atoms with Gasteiger partial charge in [0.15, 0.2) is 0 Å². The highest BCUT2D eigenvalue weighted by Crippen LogP contribution is 2.24. The Morgan fingerprint density at radius 3 is 2.73 bits per heavy atom. The maximum atomic E-state index is 12.9. The number of rotatable bonds is 8. The molecule has 2 heterocycles. The molecule has 30 heavy (non-hydrogen) atoms. The number of fused-ring (bicyclic) bond motifs is 1. The van der Waals surface area contributed by atoms with E-state index >= 15 is 0 Å². The second-order valence-electron chi connectivity index (χ2n) is 7.73. The maximum absolute atomic E-state index is 12.9. The van der Waals surface area contributed by atoms with Crippen LogP contribution in [0.3, 0.4) is 0 Å². The van der Waals surface area contributed by atoms with E-state index in [1.54, 1.807) is 16.7 Å². The van der Waals surface area contributed by atoms with Crippen molar-refractivity contribution in [1.82, 2.24) is 15.5 Å². The molecule has 158 valence electrons. The van der Waals surface area contributed by atoms with Crippen molar-refractivity contribution in [3.63, 3.8) is 0 Å². The van der Waals surface area contributed by atoms with Crippen molar-refractivity contribution < 1.29 is 14.3 Å². The molecule has 0 spiro atoms. The average molecular weight is 426 g/mol. The summed E-state index contributed by atoms with van der Waals surface area (Å²) < 4.78 is 5.70. The van der Waals surface area contributed by atoms with Gasteiger partial charge in [0.2, 0.25) is 11.8 Å². The third-order valence-corrected chi connectivity index (χ3v) is 6.35. The van der Waals surface area contributed by atoms with Crippen LogP contribution in [0, 0.1) is 0 Å². The van der Waals surface area contributed by atoms with Crippen LogP contribution in [0.2, 0.25) is 0 Å². The van der Waals surface area contributed by atoms with Crippen molar-refractivity contribution in [2.24, 2.45) is 0 Å². The highest BCUT2D eigenvalue weighted by atomic mass is 32.2. The quantitative estimate of drug-likeness (QED) is 0.635. The van der Waals surface area contributed by atoms with Crippen molar-refractivity contribution in [1.29, 1.82) is 0 Å². The Hall–Kier alpha value is -2.35. The minimum atomic E-state index is -0.616. The highest BCUT2D eigenvalue weighted by Gasteiger charge is 2.46. The van der Waals surface area contributed by atoms with E-state index in [0.717, 1.165) is 12.1 Å². The molecule has 3 atom stereocenters. The number of hydrogen-bond acceptors (Lipinski definition) is 5. The topological polar surface area (TPSA) is 70.7 Å². The Morgan fingerprint density at radius 1 is 1.13 bits per heavy atom. The van der Waals surface area contributed by atoms with E-state index in [9.17, 15) is 9.59 Å². The first-order valence-electron chi connectivity index (χ1n) is 10.2. The van der Waals surface area contributed by atoms with Crippen LogP contribution in [0.4, 0.5) is 0 Å². The van der Waals surface area contributed by atoms with Gasteiger partial charge in [-0.05, 0) is 35.9 Å².